The Kier molecular flexibility index (Phi) is 5.64. The Balaban J connectivity index is 2.61. The fourth-order valence-corrected chi connectivity index (χ4v) is 1.96. The van der Waals surface area contributed by atoms with Gasteiger partial charge in [-0.1, -0.05) is 18.5 Å². The van der Waals surface area contributed by atoms with Gasteiger partial charge < -0.3 is 10.1 Å². The average molecular weight is 242 g/mol. The van der Waals surface area contributed by atoms with E-state index >= 15 is 0 Å². The van der Waals surface area contributed by atoms with Crippen LogP contribution in [0.3, 0.4) is 0 Å². The normalized spacial score (nSPS) is 12.5. The largest absolute Gasteiger partial charge is 0.496 e. The minimum atomic E-state index is 0.522. The van der Waals surface area contributed by atoms with E-state index in [1.54, 1.807) is 7.11 Å². The zero-order chi connectivity index (χ0) is 12.0. The third kappa shape index (κ3) is 4.03. The number of ether oxygens (including phenoxy) is 1. The Morgan fingerprint density at radius 3 is 2.81 bits per heavy atom. The van der Waals surface area contributed by atoms with Gasteiger partial charge in [-0.05, 0) is 50.1 Å². The lowest BCUT2D eigenvalue weighted by atomic mass is 10.1. The summed E-state index contributed by atoms with van der Waals surface area (Å²) in [7, 11) is 1.69. The Labute approximate surface area is 103 Å². The number of rotatable bonds is 6. The van der Waals surface area contributed by atoms with Gasteiger partial charge in [0.1, 0.15) is 5.75 Å². The second-order valence-corrected chi connectivity index (χ2v) is 4.39. The number of benzene rings is 1. The molecule has 0 spiro atoms. The smallest absolute Gasteiger partial charge is 0.122 e. The molecule has 0 aliphatic heterocycles. The molecule has 0 bridgehead atoms. The summed E-state index contributed by atoms with van der Waals surface area (Å²) in [6.07, 6.45) is 2.07. The van der Waals surface area contributed by atoms with Crippen molar-refractivity contribution in [2.75, 3.05) is 13.7 Å². The van der Waals surface area contributed by atoms with Crippen molar-refractivity contribution in [1.82, 2.24) is 5.32 Å². The SMILES string of the molecule is CCNC(C)CCc1cc(Cl)ccc1OC. The highest BCUT2D eigenvalue weighted by molar-refractivity contribution is 6.30. The van der Waals surface area contributed by atoms with Crippen molar-refractivity contribution in [3.63, 3.8) is 0 Å². The molecule has 0 amide bonds. The molecule has 1 aromatic carbocycles. The predicted molar refractivity (Wildman–Crippen MR) is 69.5 cm³/mol. The minimum absolute atomic E-state index is 0.522. The molecule has 0 saturated heterocycles. The first-order valence-electron chi connectivity index (χ1n) is 5.73. The molecule has 1 aromatic rings. The maximum atomic E-state index is 5.98. The lowest BCUT2D eigenvalue weighted by Gasteiger charge is -2.13. The van der Waals surface area contributed by atoms with Crippen molar-refractivity contribution >= 4 is 11.6 Å². The molecular formula is C13H20ClNO. The molecule has 0 aliphatic rings. The van der Waals surface area contributed by atoms with E-state index in [0.29, 0.717) is 6.04 Å². The highest BCUT2D eigenvalue weighted by atomic mass is 35.5. The zero-order valence-electron chi connectivity index (χ0n) is 10.2. The lowest BCUT2D eigenvalue weighted by molar-refractivity contribution is 0.407. The fraction of sp³-hybridized carbons (Fsp3) is 0.538. The summed E-state index contributed by atoms with van der Waals surface area (Å²) in [5.41, 5.74) is 1.18. The first kappa shape index (κ1) is 13.3. The Bertz CT molecular complexity index is 328. The van der Waals surface area contributed by atoms with Crippen LogP contribution in [0, 0.1) is 0 Å². The fourth-order valence-electron chi connectivity index (χ4n) is 1.77. The number of hydrogen-bond donors (Lipinski definition) is 1. The molecular weight excluding hydrogens is 222 g/mol. The highest BCUT2D eigenvalue weighted by Gasteiger charge is 2.06. The summed E-state index contributed by atoms with van der Waals surface area (Å²) in [4.78, 5) is 0. The van der Waals surface area contributed by atoms with Gasteiger partial charge in [0, 0.05) is 11.1 Å². The molecule has 0 aliphatic carbocycles. The van der Waals surface area contributed by atoms with E-state index in [1.807, 2.05) is 18.2 Å². The molecule has 3 heteroatoms. The number of hydrogen-bond acceptors (Lipinski definition) is 2. The summed E-state index contributed by atoms with van der Waals surface area (Å²) in [5.74, 6) is 0.924. The van der Waals surface area contributed by atoms with E-state index in [1.165, 1.54) is 5.56 Å². The maximum Gasteiger partial charge on any atom is 0.122 e. The van der Waals surface area contributed by atoms with Gasteiger partial charge in [-0.3, -0.25) is 0 Å². The zero-order valence-corrected chi connectivity index (χ0v) is 11.0. The van der Waals surface area contributed by atoms with Crippen LogP contribution >= 0.6 is 11.6 Å². The van der Waals surface area contributed by atoms with Crippen LogP contribution in [0.4, 0.5) is 0 Å². The quantitative estimate of drug-likeness (QED) is 0.825. The third-order valence-electron chi connectivity index (χ3n) is 2.64. The van der Waals surface area contributed by atoms with Crippen LogP contribution in [-0.4, -0.2) is 19.7 Å². The molecule has 16 heavy (non-hydrogen) atoms. The second kappa shape index (κ2) is 6.77. The summed E-state index contributed by atoms with van der Waals surface area (Å²) >= 11 is 5.98. The first-order valence-corrected chi connectivity index (χ1v) is 6.11. The number of halogens is 1. The van der Waals surface area contributed by atoms with Gasteiger partial charge in [-0.2, -0.15) is 0 Å². The standard InChI is InChI=1S/C13H20ClNO/c1-4-15-10(2)5-6-11-9-12(14)7-8-13(11)16-3/h7-10,15H,4-6H2,1-3H3. The van der Waals surface area contributed by atoms with Crippen LogP contribution in [0.1, 0.15) is 25.8 Å². The third-order valence-corrected chi connectivity index (χ3v) is 2.88. The van der Waals surface area contributed by atoms with Gasteiger partial charge in [-0.25, -0.2) is 0 Å². The van der Waals surface area contributed by atoms with Crippen molar-refractivity contribution in [2.24, 2.45) is 0 Å². The number of methoxy groups -OCH3 is 1. The van der Waals surface area contributed by atoms with E-state index in [4.69, 9.17) is 16.3 Å². The predicted octanol–water partition coefficient (Wildman–Crippen LogP) is 3.28. The van der Waals surface area contributed by atoms with Crippen molar-refractivity contribution in [3.05, 3.63) is 28.8 Å². The molecule has 1 rings (SSSR count). The van der Waals surface area contributed by atoms with Gasteiger partial charge in [0.15, 0.2) is 0 Å². The number of aryl methyl sites for hydroxylation is 1. The summed E-state index contributed by atoms with van der Waals surface area (Å²) in [5, 5.41) is 4.16. The molecule has 2 nitrogen and oxygen atoms in total. The van der Waals surface area contributed by atoms with E-state index in [0.717, 1.165) is 30.2 Å². The molecule has 0 saturated carbocycles. The number of nitrogens with one attached hydrogen (secondary N) is 1. The Morgan fingerprint density at radius 2 is 2.19 bits per heavy atom. The van der Waals surface area contributed by atoms with Gasteiger partial charge in [0.25, 0.3) is 0 Å². The van der Waals surface area contributed by atoms with Crippen molar-refractivity contribution in [3.8, 4) is 5.75 Å². The first-order chi connectivity index (χ1) is 7.67. The van der Waals surface area contributed by atoms with Crippen molar-refractivity contribution in [1.29, 1.82) is 0 Å². The van der Waals surface area contributed by atoms with Crippen LogP contribution in [0.15, 0.2) is 18.2 Å². The molecule has 0 radical (unpaired) electrons. The van der Waals surface area contributed by atoms with Crippen molar-refractivity contribution < 1.29 is 4.74 Å². The van der Waals surface area contributed by atoms with Crippen LogP contribution in [-0.2, 0) is 6.42 Å². The molecule has 0 aromatic heterocycles. The van der Waals surface area contributed by atoms with Gasteiger partial charge >= 0.3 is 0 Å². The van der Waals surface area contributed by atoms with Crippen molar-refractivity contribution in [2.45, 2.75) is 32.7 Å². The molecule has 90 valence electrons. The molecule has 1 unspecified atom stereocenters. The van der Waals surface area contributed by atoms with E-state index in [-0.39, 0.29) is 0 Å². The molecule has 0 heterocycles. The van der Waals surface area contributed by atoms with E-state index in [2.05, 4.69) is 19.2 Å². The minimum Gasteiger partial charge on any atom is -0.496 e. The van der Waals surface area contributed by atoms with Gasteiger partial charge in [0.2, 0.25) is 0 Å². The van der Waals surface area contributed by atoms with Crippen LogP contribution in [0.2, 0.25) is 5.02 Å². The molecule has 0 fully saturated rings. The highest BCUT2D eigenvalue weighted by Crippen LogP contribution is 2.24. The van der Waals surface area contributed by atoms with Gasteiger partial charge in [-0.15, -0.1) is 0 Å². The van der Waals surface area contributed by atoms with Gasteiger partial charge in [0.05, 0.1) is 7.11 Å². The maximum absolute atomic E-state index is 5.98. The monoisotopic (exact) mass is 241 g/mol. The van der Waals surface area contributed by atoms with E-state index in [9.17, 15) is 0 Å². The summed E-state index contributed by atoms with van der Waals surface area (Å²) in [6, 6.07) is 6.29. The second-order valence-electron chi connectivity index (χ2n) is 3.95. The van der Waals surface area contributed by atoms with Crippen LogP contribution in [0.5, 0.6) is 5.75 Å². The van der Waals surface area contributed by atoms with E-state index < -0.39 is 0 Å². The Hall–Kier alpha value is -0.730. The molecule has 1 atom stereocenters. The molecule has 1 N–H and O–H groups in total. The summed E-state index contributed by atoms with van der Waals surface area (Å²) < 4.78 is 5.31. The topological polar surface area (TPSA) is 21.3 Å². The summed E-state index contributed by atoms with van der Waals surface area (Å²) in [6.45, 7) is 5.32. The average Bonchev–Trinajstić information content (AvgIpc) is 2.27. The lowest BCUT2D eigenvalue weighted by Crippen LogP contribution is -2.25. The van der Waals surface area contributed by atoms with Crippen LogP contribution in [0.25, 0.3) is 0 Å². The van der Waals surface area contributed by atoms with Crippen LogP contribution < -0.4 is 10.1 Å². The Morgan fingerprint density at radius 1 is 1.44 bits per heavy atom.